The Hall–Kier alpha value is -0.775. The molecule has 1 aliphatic carbocycles. The van der Waals surface area contributed by atoms with Gasteiger partial charge in [0.1, 0.15) is 17.5 Å². The molecule has 2 atom stereocenters. The SMILES string of the molecule is [B]CC(=O)OC1C=CC(OC(=O)CBr)C1. The molecular weight excluding hydrogens is 263 g/mol. The average molecular weight is 273 g/mol. The smallest absolute Gasteiger partial charge is 0.317 e. The molecule has 1 rings (SSSR count). The number of carbonyl (C=O) groups excluding carboxylic acids is 2. The van der Waals surface area contributed by atoms with E-state index in [2.05, 4.69) is 15.9 Å². The van der Waals surface area contributed by atoms with E-state index in [1.165, 1.54) is 0 Å². The van der Waals surface area contributed by atoms with Crippen LogP contribution in [0.25, 0.3) is 0 Å². The molecule has 80 valence electrons. The monoisotopic (exact) mass is 272 g/mol. The van der Waals surface area contributed by atoms with Crippen LogP contribution in [-0.4, -0.2) is 37.3 Å². The van der Waals surface area contributed by atoms with Gasteiger partial charge in [-0.05, 0) is 12.2 Å². The quantitative estimate of drug-likeness (QED) is 0.328. The Balaban J connectivity index is 2.31. The van der Waals surface area contributed by atoms with Crippen molar-refractivity contribution in [2.45, 2.75) is 24.9 Å². The molecule has 0 amide bonds. The largest absolute Gasteiger partial charge is 0.458 e. The van der Waals surface area contributed by atoms with Crippen LogP contribution in [0.5, 0.6) is 0 Å². The zero-order valence-corrected chi connectivity index (χ0v) is 9.61. The van der Waals surface area contributed by atoms with Crippen LogP contribution < -0.4 is 0 Å². The summed E-state index contributed by atoms with van der Waals surface area (Å²) in [6.07, 6.45) is 3.06. The molecule has 4 nitrogen and oxygen atoms in total. The second-order valence-electron chi connectivity index (χ2n) is 3.01. The molecule has 0 aromatic rings. The van der Waals surface area contributed by atoms with Gasteiger partial charge in [-0.3, -0.25) is 9.59 Å². The van der Waals surface area contributed by atoms with Crippen molar-refractivity contribution in [3.63, 3.8) is 0 Å². The molecule has 0 saturated heterocycles. The number of rotatable bonds is 4. The van der Waals surface area contributed by atoms with Crippen molar-refractivity contribution < 1.29 is 19.1 Å². The summed E-state index contributed by atoms with van der Waals surface area (Å²) >= 11 is 2.99. The van der Waals surface area contributed by atoms with E-state index in [4.69, 9.17) is 17.3 Å². The molecule has 0 N–H and O–H groups in total. The lowest BCUT2D eigenvalue weighted by atomic mass is 10.1. The highest BCUT2D eigenvalue weighted by Crippen LogP contribution is 2.18. The zero-order valence-electron chi connectivity index (χ0n) is 8.02. The fourth-order valence-electron chi connectivity index (χ4n) is 1.23. The summed E-state index contributed by atoms with van der Waals surface area (Å²) in [4.78, 5) is 21.8. The maximum Gasteiger partial charge on any atom is 0.317 e. The van der Waals surface area contributed by atoms with Crippen molar-refractivity contribution in [2.75, 3.05) is 5.33 Å². The van der Waals surface area contributed by atoms with Crippen LogP contribution in [0, 0.1) is 0 Å². The Bertz CT molecular complexity index is 253. The molecule has 0 saturated carbocycles. The van der Waals surface area contributed by atoms with Gasteiger partial charge in [0, 0.05) is 12.7 Å². The molecule has 0 aliphatic heterocycles. The highest BCUT2D eigenvalue weighted by molar-refractivity contribution is 9.09. The Kier molecular flexibility index (Phi) is 4.88. The molecule has 1 aliphatic rings. The number of hydrogen-bond donors (Lipinski definition) is 0. The number of hydrogen-bond acceptors (Lipinski definition) is 4. The van der Waals surface area contributed by atoms with Gasteiger partial charge in [0.15, 0.2) is 0 Å². The van der Waals surface area contributed by atoms with Crippen LogP contribution in [0.4, 0.5) is 0 Å². The van der Waals surface area contributed by atoms with Crippen molar-refractivity contribution >= 4 is 35.7 Å². The first-order chi connectivity index (χ1) is 7.15. The first kappa shape index (κ1) is 12.3. The van der Waals surface area contributed by atoms with Gasteiger partial charge in [-0.1, -0.05) is 15.9 Å². The predicted molar refractivity (Wildman–Crippen MR) is 57.9 cm³/mol. The molecule has 0 aromatic carbocycles. The van der Waals surface area contributed by atoms with E-state index in [0.29, 0.717) is 6.42 Å². The van der Waals surface area contributed by atoms with Crippen molar-refractivity contribution in [2.24, 2.45) is 0 Å². The minimum atomic E-state index is -0.461. The lowest BCUT2D eigenvalue weighted by Gasteiger charge is -2.13. The fourth-order valence-corrected chi connectivity index (χ4v) is 1.36. The third-order valence-corrected chi connectivity index (χ3v) is 2.30. The molecule has 2 unspecified atom stereocenters. The Morgan fingerprint density at radius 1 is 1.27 bits per heavy atom. The normalized spacial score (nSPS) is 23.8. The third kappa shape index (κ3) is 4.07. The van der Waals surface area contributed by atoms with E-state index in [-0.39, 0.29) is 29.8 Å². The summed E-state index contributed by atoms with van der Waals surface area (Å²) in [7, 11) is 5.10. The van der Waals surface area contributed by atoms with Crippen LogP contribution in [-0.2, 0) is 19.1 Å². The second kappa shape index (κ2) is 5.95. The number of alkyl halides is 1. The van der Waals surface area contributed by atoms with Crippen LogP contribution in [0.15, 0.2) is 12.2 Å². The summed E-state index contributed by atoms with van der Waals surface area (Å²) in [5, 5.41) is 0.157. The molecule has 0 heterocycles. The van der Waals surface area contributed by atoms with Gasteiger partial charge in [0.25, 0.3) is 5.97 Å². The molecule has 15 heavy (non-hydrogen) atoms. The second-order valence-corrected chi connectivity index (χ2v) is 3.58. The third-order valence-electron chi connectivity index (χ3n) is 1.85. The minimum absolute atomic E-state index is 0.143. The van der Waals surface area contributed by atoms with Crippen molar-refractivity contribution in [3.05, 3.63) is 12.2 Å². The van der Waals surface area contributed by atoms with Crippen LogP contribution in [0.1, 0.15) is 6.42 Å². The molecular formula is C9H10BBrO4. The topological polar surface area (TPSA) is 52.6 Å². The number of halogens is 1. The lowest BCUT2D eigenvalue weighted by Crippen LogP contribution is -2.20. The van der Waals surface area contributed by atoms with Gasteiger partial charge in [0.05, 0.1) is 7.85 Å². The standard InChI is InChI=1S/C9H10BBrO4/c10-4-8(12)14-6-1-2-7(3-6)15-9(13)5-11/h1-2,6-7H,3-5H2. The summed E-state index contributed by atoms with van der Waals surface area (Å²) in [5.41, 5.74) is 0. The van der Waals surface area contributed by atoms with E-state index in [9.17, 15) is 9.59 Å². The van der Waals surface area contributed by atoms with Gasteiger partial charge < -0.3 is 9.47 Å². The molecule has 0 fully saturated rings. The van der Waals surface area contributed by atoms with Gasteiger partial charge in [-0.25, -0.2) is 0 Å². The molecule has 0 bridgehead atoms. The van der Waals surface area contributed by atoms with Gasteiger partial charge >= 0.3 is 5.97 Å². The van der Waals surface area contributed by atoms with E-state index < -0.39 is 5.97 Å². The first-order valence-corrected chi connectivity index (χ1v) is 5.61. The fraction of sp³-hybridized carbons (Fsp3) is 0.556. The van der Waals surface area contributed by atoms with E-state index in [1.807, 2.05) is 0 Å². The molecule has 0 spiro atoms. The van der Waals surface area contributed by atoms with Crippen LogP contribution in [0.2, 0.25) is 6.32 Å². The van der Waals surface area contributed by atoms with Crippen molar-refractivity contribution in [3.8, 4) is 0 Å². The number of esters is 2. The maximum absolute atomic E-state index is 10.9. The minimum Gasteiger partial charge on any atom is -0.458 e. The lowest BCUT2D eigenvalue weighted by molar-refractivity contribution is -0.147. The van der Waals surface area contributed by atoms with Gasteiger partial charge in [-0.2, -0.15) is 0 Å². The van der Waals surface area contributed by atoms with Crippen LogP contribution in [0.3, 0.4) is 0 Å². The number of carbonyl (C=O) groups is 2. The molecule has 2 radical (unpaired) electrons. The molecule has 0 aromatic heterocycles. The summed E-state index contributed by atoms with van der Waals surface area (Å²) in [5.74, 6) is -0.799. The van der Waals surface area contributed by atoms with Crippen molar-refractivity contribution in [1.29, 1.82) is 0 Å². The van der Waals surface area contributed by atoms with Gasteiger partial charge in [-0.15, -0.1) is 0 Å². The highest BCUT2D eigenvalue weighted by atomic mass is 79.9. The summed E-state index contributed by atoms with van der Waals surface area (Å²) in [6.45, 7) is 0. The Labute approximate surface area is 97.5 Å². The summed E-state index contributed by atoms with van der Waals surface area (Å²) < 4.78 is 9.96. The van der Waals surface area contributed by atoms with E-state index >= 15 is 0 Å². The maximum atomic E-state index is 10.9. The Morgan fingerprint density at radius 3 is 2.27 bits per heavy atom. The Morgan fingerprint density at radius 2 is 1.80 bits per heavy atom. The van der Waals surface area contributed by atoms with Crippen molar-refractivity contribution in [1.82, 2.24) is 0 Å². The predicted octanol–water partition coefficient (Wildman–Crippen LogP) is 0.752. The number of ether oxygens (including phenoxy) is 2. The molecule has 6 heteroatoms. The van der Waals surface area contributed by atoms with Crippen LogP contribution >= 0.6 is 15.9 Å². The average Bonchev–Trinajstić information content (AvgIpc) is 2.65. The van der Waals surface area contributed by atoms with E-state index in [1.54, 1.807) is 12.2 Å². The summed E-state index contributed by atoms with van der Waals surface area (Å²) in [6, 6.07) is 0. The highest BCUT2D eigenvalue weighted by Gasteiger charge is 2.23. The first-order valence-electron chi connectivity index (χ1n) is 4.49. The zero-order chi connectivity index (χ0) is 11.3. The van der Waals surface area contributed by atoms with E-state index in [0.717, 1.165) is 0 Å². The van der Waals surface area contributed by atoms with Gasteiger partial charge in [0.2, 0.25) is 0 Å².